The first-order valence-electron chi connectivity index (χ1n) is 7.77. The van der Waals surface area contributed by atoms with Crippen LogP contribution in [0.15, 0.2) is 18.2 Å². The Morgan fingerprint density at radius 1 is 1.17 bits per heavy atom. The minimum Gasteiger partial charge on any atom is -0.493 e. The molecule has 0 aliphatic rings. The number of ether oxygens (including phenoxy) is 3. The number of carbonyl (C=O) groups is 1. The minimum atomic E-state index is -0.614. The third-order valence-corrected chi connectivity index (χ3v) is 3.96. The van der Waals surface area contributed by atoms with Crippen LogP contribution in [-0.4, -0.2) is 32.8 Å². The number of hydrogen-bond acceptors (Lipinski definition) is 4. The van der Waals surface area contributed by atoms with Crippen LogP contribution in [0.25, 0.3) is 6.08 Å². The number of carbonyl (C=O) groups excluding carboxylic acids is 1. The number of amides is 1. The van der Waals surface area contributed by atoms with Crippen LogP contribution in [0.5, 0.6) is 17.2 Å². The molecule has 0 bridgehead atoms. The molecule has 1 rings (SSSR count). The van der Waals surface area contributed by atoms with E-state index in [0.29, 0.717) is 30.1 Å². The largest absolute Gasteiger partial charge is 0.493 e. The molecule has 1 aromatic rings. The molecule has 0 spiro atoms. The van der Waals surface area contributed by atoms with Crippen molar-refractivity contribution in [2.45, 2.75) is 32.2 Å². The molecular weight excluding hydrogens is 306 g/mol. The summed E-state index contributed by atoms with van der Waals surface area (Å²) in [7, 11) is 4.63. The molecule has 0 aliphatic carbocycles. The van der Waals surface area contributed by atoms with Crippen LogP contribution in [0.3, 0.4) is 0 Å². The van der Waals surface area contributed by atoms with Gasteiger partial charge in [-0.1, -0.05) is 19.8 Å². The van der Waals surface area contributed by atoms with E-state index in [-0.39, 0.29) is 5.91 Å². The number of hydrogen-bond donors (Lipinski definition) is 1. The lowest BCUT2D eigenvalue weighted by molar-refractivity contribution is -0.117. The lowest BCUT2D eigenvalue weighted by Crippen LogP contribution is -2.45. The summed E-state index contributed by atoms with van der Waals surface area (Å²) in [5, 5.41) is 2.88. The molecule has 0 fully saturated rings. The quantitative estimate of drug-likeness (QED) is 0.588. The first-order valence-corrected chi connectivity index (χ1v) is 7.77. The van der Waals surface area contributed by atoms with Crippen molar-refractivity contribution in [1.82, 2.24) is 5.32 Å². The average molecular weight is 331 g/mol. The van der Waals surface area contributed by atoms with Crippen LogP contribution in [-0.2, 0) is 4.79 Å². The average Bonchev–Trinajstić information content (AvgIpc) is 2.63. The van der Waals surface area contributed by atoms with Gasteiger partial charge in [-0.15, -0.1) is 6.42 Å². The number of nitrogens with one attached hydrogen (secondary N) is 1. The van der Waals surface area contributed by atoms with E-state index in [0.717, 1.165) is 5.56 Å². The van der Waals surface area contributed by atoms with Gasteiger partial charge in [-0.05, 0) is 36.6 Å². The summed E-state index contributed by atoms with van der Waals surface area (Å²) in [5.41, 5.74) is 0.135. The lowest BCUT2D eigenvalue weighted by atomic mass is 9.94. The Balaban J connectivity index is 3.02. The monoisotopic (exact) mass is 331 g/mol. The minimum absolute atomic E-state index is 0.245. The zero-order valence-electron chi connectivity index (χ0n) is 14.9. The summed E-state index contributed by atoms with van der Waals surface area (Å²) in [5.74, 6) is 3.98. The molecule has 24 heavy (non-hydrogen) atoms. The maximum atomic E-state index is 12.2. The predicted molar refractivity (Wildman–Crippen MR) is 95.4 cm³/mol. The van der Waals surface area contributed by atoms with E-state index in [1.807, 2.05) is 13.8 Å². The predicted octanol–water partition coefficient (Wildman–Crippen LogP) is 3.03. The summed E-state index contributed by atoms with van der Waals surface area (Å²) in [6.07, 6.45) is 10.0. The molecule has 0 radical (unpaired) electrons. The van der Waals surface area contributed by atoms with Gasteiger partial charge in [0.15, 0.2) is 11.5 Å². The Kier molecular flexibility index (Phi) is 7.19. The molecule has 1 N–H and O–H groups in total. The third-order valence-electron chi connectivity index (χ3n) is 3.96. The van der Waals surface area contributed by atoms with Gasteiger partial charge in [-0.3, -0.25) is 4.79 Å². The molecule has 1 amide bonds. The topological polar surface area (TPSA) is 56.8 Å². The van der Waals surface area contributed by atoms with Crippen molar-refractivity contribution < 1.29 is 19.0 Å². The Hall–Kier alpha value is -2.61. The van der Waals surface area contributed by atoms with E-state index in [1.54, 1.807) is 32.4 Å². The smallest absolute Gasteiger partial charge is 0.245 e. The Bertz CT molecular complexity index is 614. The number of rotatable bonds is 8. The van der Waals surface area contributed by atoms with E-state index in [4.69, 9.17) is 20.6 Å². The summed E-state index contributed by atoms with van der Waals surface area (Å²) in [6.45, 7) is 3.90. The van der Waals surface area contributed by atoms with Crippen LogP contribution in [0, 0.1) is 12.3 Å². The zero-order chi connectivity index (χ0) is 18.2. The van der Waals surface area contributed by atoms with Crippen LogP contribution < -0.4 is 19.5 Å². The van der Waals surface area contributed by atoms with E-state index < -0.39 is 5.54 Å². The van der Waals surface area contributed by atoms with E-state index >= 15 is 0 Å². The van der Waals surface area contributed by atoms with Crippen molar-refractivity contribution in [2.24, 2.45) is 0 Å². The van der Waals surface area contributed by atoms with Gasteiger partial charge in [0.1, 0.15) is 5.54 Å². The second-order valence-corrected chi connectivity index (χ2v) is 5.21. The molecule has 0 unspecified atom stereocenters. The molecule has 5 nitrogen and oxygen atoms in total. The van der Waals surface area contributed by atoms with Crippen LogP contribution in [0.4, 0.5) is 0 Å². The van der Waals surface area contributed by atoms with E-state index in [2.05, 4.69) is 11.2 Å². The van der Waals surface area contributed by atoms with Crippen LogP contribution in [0.1, 0.15) is 32.3 Å². The van der Waals surface area contributed by atoms with Gasteiger partial charge in [0.05, 0.1) is 21.3 Å². The first kappa shape index (κ1) is 19.4. The molecule has 0 heterocycles. The molecule has 0 atom stereocenters. The fourth-order valence-corrected chi connectivity index (χ4v) is 2.31. The fraction of sp³-hybridized carbons (Fsp3) is 0.421. The maximum absolute atomic E-state index is 12.2. The SMILES string of the molecule is C#CC(CC)(CC)NC(=O)C=Cc1cc(OC)c(OC)c(OC)c1. The van der Waals surface area contributed by atoms with Gasteiger partial charge in [-0.2, -0.15) is 0 Å². The third kappa shape index (κ3) is 4.45. The van der Waals surface area contributed by atoms with Gasteiger partial charge in [0.2, 0.25) is 11.7 Å². The van der Waals surface area contributed by atoms with Crippen molar-refractivity contribution in [3.8, 4) is 29.6 Å². The Morgan fingerprint density at radius 2 is 1.71 bits per heavy atom. The van der Waals surface area contributed by atoms with Gasteiger partial charge >= 0.3 is 0 Å². The highest BCUT2D eigenvalue weighted by Crippen LogP contribution is 2.38. The first-order chi connectivity index (χ1) is 11.5. The molecular formula is C19H25NO4. The molecule has 1 aromatic carbocycles. The van der Waals surface area contributed by atoms with Gasteiger partial charge in [-0.25, -0.2) is 0 Å². The summed E-state index contributed by atoms with van der Waals surface area (Å²) in [6, 6.07) is 3.53. The van der Waals surface area contributed by atoms with Gasteiger partial charge < -0.3 is 19.5 Å². The number of benzene rings is 1. The fourth-order valence-electron chi connectivity index (χ4n) is 2.31. The second kappa shape index (κ2) is 8.88. The van der Waals surface area contributed by atoms with Gasteiger partial charge in [0.25, 0.3) is 0 Å². The number of methoxy groups -OCH3 is 3. The summed E-state index contributed by atoms with van der Waals surface area (Å²) in [4.78, 5) is 12.2. The maximum Gasteiger partial charge on any atom is 0.245 e. The van der Waals surface area contributed by atoms with Crippen molar-refractivity contribution in [3.05, 3.63) is 23.8 Å². The normalized spacial score (nSPS) is 11.0. The highest BCUT2D eigenvalue weighted by molar-refractivity contribution is 5.92. The molecule has 5 heteroatoms. The number of terminal acetylenes is 1. The molecule has 130 valence electrons. The lowest BCUT2D eigenvalue weighted by Gasteiger charge is -2.26. The van der Waals surface area contributed by atoms with Gasteiger partial charge in [0, 0.05) is 6.08 Å². The Labute approximate surface area is 144 Å². The highest BCUT2D eigenvalue weighted by Gasteiger charge is 2.24. The standard InChI is InChI=1S/C19H25NO4/c1-7-19(8-2,9-3)20-17(21)11-10-14-12-15(22-4)18(24-6)16(13-14)23-5/h1,10-13H,8-9H2,2-6H3,(H,20,21). The zero-order valence-corrected chi connectivity index (χ0v) is 14.9. The van der Waals surface area contributed by atoms with Crippen LogP contribution in [0.2, 0.25) is 0 Å². The van der Waals surface area contributed by atoms with Crippen molar-refractivity contribution >= 4 is 12.0 Å². The van der Waals surface area contributed by atoms with Crippen molar-refractivity contribution in [1.29, 1.82) is 0 Å². The second-order valence-electron chi connectivity index (χ2n) is 5.21. The van der Waals surface area contributed by atoms with Crippen molar-refractivity contribution in [2.75, 3.05) is 21.3 Å². The van der Waals surface area contributed by atoms with E-state index in [1.165, 1.54) is 13.2 Å². The highest BCUT2D eigenvalue weighted by atomic mass is 16.5. The molecule has 0 saturated carbocycles. The molecule has 0 saturated heterocycles. The molecule has 0 aliphatic heterocycles. The van der Waals surface area contributed by atoms with Crippen LogP contribution >= 0.6 is 0 Å². The summed E-state index contributed by atoms with van der Waals surface area (Å²) < 4.78 is 15.9. The molecule has 0 aromatic heterocycles. The Morgan fingerprint density at radius 3 is 2.08 bits per heavy atom. The van der Waals surface area contributed by atoms with Crippen molar-refractivity contribution in [3.63, 3.8) is 0 Å². The van der Waals surface area contributed by atoms with E-state index in [9.17, 15) is 4.79 Å². The summed E-state index contributed by atoms with van der Waals surface area (Å²) >= 11 is 0.